The van der Waals surface area contributed by atoms with Crippen molar-refractivity contribution in [1.29, 1.82) is 0 Å². The molecule has 0 radical (unpaired) electrons. The number of rotatable bonds is 6. The van der Waals surface area contributed by atoms with Crippen molar-refractivity contribution in [2.75, 3.05) is 11.9 Å². The molecule has 0 amide bonds. The summed E-state index contributed by atoms with van der Waals surface area (Å²) in [6.45, 7) is 4.48. The van der Waals surface area contributed by atoms with E-state index in [1.807, 2.05) is 13.8 Å². The van der Waals surface area contributed by atoms with Gasteiger partial charge in [0.05, 0.1) is 5.69 Å². The molecule has 1 heterocycles. The first-order chi connectivity index (χ1) is 7.72. The Bertz CT molecular complexity index is 330. The molecule has 1 atom stereocenters. The van der Waals surface area contributed by atoms with E-state index in [2.05, 4.69) is 15.3 Å². The van der Waals surface area contributed by atoms with Crippen molar-refractivity contribution in [3.8, 4) is 0 Å². The van der Waals surface area contributed by atoms with Crippen molar-refractivity contribution in [1.82, 2.24) is 9.97 Å². The van der Waals surface area contributed by atoms with Gasteiger partial charge in [-0.3, -0.25) is 0 Å². The van der Waals surface area contributed by atoms with E-state index in [-0.39, 0.29) is 17.7 Å². The number of hydrogen-bond acceptors (Lipinski definition) is 4. The van der Waals surface area contributed by atoms with E-state index in [0.717, 1.165) is 12.8 Å². The zero-order valence-corrected chi connectivity index (χ0v) is 9.83. The Balaban J connectivity index is 2.79. The van der Waals surface area contributed by atoms with Crippen LogP contribution in [0.2, 0.25) is 0 Å². The molecule has 1 rings (SSSR count). The Labute approximate surface area is 95.5 Å². The minimum atomic E-state index is -0.347. The number of aromatic nitrogens is 2. The molecule has 0 aliphatic heterocycles. The highest BCUT2D eigenvalue weighted by Gasteiger charge is 2.12. The largest absolute Gasteiger partial charge is 0.365 e. The predicted molar refractivity (Wildman–Crippen MR) is 62.7 cm³/mol. The lowest BCUT2D eigenvalue weighted by Gasteiger charge is -2.17. The van der Waals surface area contributed by atoms with Crippen LogP contribution in [0.5, 0.6) is 0 Å². The molecule has 1 aromatic heterocycles. The van der Waals surface area contributed by atoms with Gasteiger partial charge >= 0.3 is 0 Å². The highest BCUT2D eigenvalue weighted by Crippen LogP contribution is 2.15. The zero-order chi connectivity index (χ0) is 12.0. The smallest absolute Gasteiger partial charge is 0.186 e. The van der Waals surface area contributed by atoms with E-state index in [9.17, 15) is 4.39 Å². The molecule has 16 heavy (non-hydrogen) atoms. The lowest BCUT2D eigenvalue weighted by molar-refractivity contribution is 0.581. The third-order valence-electron chi connectivity index (χ3n) is 2.55. The Hall–Kier alpha value is -1.23. The maximum atomic E-state index is 13.8. The van der Waals surface area contributed by atoms with E-state index in [4.69, 9.17) is 5.73 Å². The first kappa shape index (κ1) is 12.8. The predicted octanol–water partition coefficient (Wildman–Crippen LogP) is 1.72. The molecule has 90 valence electrons. The number of nitrogens with one attached hydrogen (secondary N) is 1. The molecule has 4 nitrogen and oxygen atoms in total. The van der Waals surface area contributed by atoms with E-state index in [1.54, 1.807) is 0 Å². The topological polar surface area (TPSA) is 63.8 Å². The van der Waals surface area contributed by atoms with Gasteiger partial charge in [0.25, 0.3) is 0 Å². The molecule has 0 aliphatic rings. The lowest BCUT2D eigenvalue weighted by atomic mass is 10.1. The zero-order valence-electron chi connectivity index (χ0n) is 9.83. The molecule has 5 heteroatoms. The Morgan fingerprint density at radius 1 is 1.44 bits per heavy atom. The van der Waals surface area contributed by atoms with Gasteiger partial charge in [-0.15, -0.1) is 0 Å². The van der Waals surface area contributed by atoms with Gasteiger partial charge in [-0.25, -0.2) is 14.4 Å². The molecular formula is C11H19FN4. The summed E-state index contributed by atoms with van der Waals surface area (Å²) in [6.07, 6.45) is 3.65. The monoisotopic (exact) mass is 226 g/mol. The van der Waals surface area contributed by atoms with Gasteiger partial charge in [-0.1, -0.05) is 13.8 Å². The molecule has 0 saturated heterocycles. The minimum Gasteiger partial charge on any atom is -0.365 e. The normalized spacial score (nSPS) is 12.5. The molecule has 0 fully saturated rings. The second kappa shape index (κ2) is 6.37. The summed E-state index contributed by atoms with van der Waals surface area (Å²) in [5.41, 5.74) is 5.93. The summed E-state index contributed by atoms with van der Waals surface area (Å²) in [6, 6.07) is 0.166. The Kier molecular flexibility index (Phi) is 5.11. The lowest BCUT2D eigenvalue weighted by Crippen LogP contribution is -2.23. The first-order valence-corrected chi connectivity index (χ1v) is 5.68. The van der Waals surface area contributed by atoms with Gasteiger partial charge in [0.15, 0.2) is 11.6 Å². The van der Waals surface area contributed by atoms with Crippen molar-refractivity contribution in [3.05, 3.63) is 17.8 Å². The van der Waals surface area contributed by atoms with Crippen molar-refractivity contribution >= 4 is 5.82 Å². The van der Waals surface area contributed by atoms with Crippen LogP contribution in [-0.4, -0.2) is 22.6 Å². The molecule has 0 aliphatic carbocycles. The number of aryl methyl sites for hydroxylation is 1. The van der Waals surface area contributed by atoms with Crippen molar-refractivity contribution in [2.24, 2.45) is 5.73 Å². The molecule has 1 aromatic rings. The van der Waals surface area contributed by atoms with Gasteiger partial charge in [0, 0.05) is 6.04 Å². The quantitative estimate of drug-likeness (QED) is 0.775. The van der Waals surface area contributed by atoms with E-state index < -0.39 is 0 Å². The number of hydrogen-bond donors (Lipinski definition) is 2. The fourth-order valence-electron chi connectivity index (χ4n) is 1.53. The highest BCUT2D eigenvalue weighted by atomic mass is 19.1. The molecule has 0 spiro atoms. The summed E-state index contributed by atoms with van der Waals surface area (Å²) >= 11 is 0. The van der Waals surface area contributed by atoms with Gasteiger partial charge in [0.1, 0.15) is 6.33 Å². The summed E-state index contributed by atoms with van der Waals surface area (Å²) in [5, 5.41) is 3.07. The molecule has 1 unspecified atom stereocenters. The summed E-state index contributed by atoms with van der Waals surface area (Å²) in [4.78, 5) is 7.80. The van der Waals surface area contributed by atoms with Crippen LogP contribution < -0.4 is 11.1 Å². The summed E-state index contributed by atoms with van der Waals surface area (Å²) in [7, 11) is 0. The van der Waals surface area contributed by atoms with Gasteiger partial charge in [-0.05, 0) is 25.8 Å². The van der Waals surface area contributed by atoms with Gasteiger partial charge < -0.3 is 11.1 Å². The highest BCUT2D eigenvalue weighted by molar-refractivity contribution is 5.38. The standard InChI is InChI=1S/C11H19FN4/c1-3-8(5-6-13)16-11-10(12)9(4-2)14-7-15-11/h7-8H,3-6,13H2,1-2H3,(H,14,15,16). The summed E-state index contributed by atoms with van der Waals surface area (Å²) < 4.78 is 13.8. The fourth-order valence-corrected chi connectivity index (χ4v) is 1.53. The van der Waals surface area contributed by atoms with Crippen molar-refractivity contribution < 1.29 is 4.39 Å². The number of nitrogens with two attached hydrogens (primary N) is 1. The first-order valence-electron chi connectivity index (χ1n) is 5.68. The Morgan fingerprint density at radius 2 is 2.19 bits per heavy atom. The second-order valence-corrected chi connectivity index (χ2v) is 3.66. The van der Waals surface area contributed by atoms with Crippen LogP contribution in [0, 0.1) is 5.82 Å². The maximum absolute atomic E-state index is 13.8. The van der Waals surface area contributed by atoms with Crippen LogP contribution in [0.3, 0.4) is 0 Å². The number of anilines is 1. The minimum absolute atomic E-state index is 0.166. The van der Waals surface area contributed by atoms with Crippen LogP contribution in [0.1, 0.15) is 32.4 Å². The molecular weight excluding hydrogens is 207 g/mol. The number of nitrogens with zero attached hydrogens (tertiary/aromatic N) is 2. The molecule has 3 N–H and O–H groups in total. The van der Waals surface area contributed by atoms with Gasteiger partial charge in [0.2, 0.25) is 0 Å². The number of halogens is 1. The van der Waals surface area contributed by atoms with Crippen LogP contribution in [-0.2, 0) is 6.42 Å². The SMILES string of the molecule is CCc1ncnc(NC(CC)CCN)c1F. The van der Waals surface area contributed by atoms with Crippen LogP contribution >= 0.6 is 0 Å². The van der Waals surface area contributed by atoms with Crippen LogP contribution in [0.15, 0.2) is 6.33 Å². The van der Waals surface area contributed by atoms with Crippen molar-refractivity contribution in [2.45, 2.75) is 39.2 Å². The van der Waals surface area contributed by atoms with Gasteiger partial charge in [-0.2, -0.15) is 0 Å². The third kappa shape index (κ3) is 3.13. The van der Waals surface area contributed by atoms with Crippen molar-refractivity contribution in [3.63, 3.8) is 0 Å². The second-order valence-electron chi connectivity index (χ2n) is 3.66. The molecule has 0 bridgehead atoms. The summed E-state index contributed by atoms with van der Waals surface area (Å²) in [5.74, 6) is -0.0624. The van der Waals surface area contributed by atoms with E-state index >= 15 is 0 Å². The fraction of sp³-hybridized carbons (Fsp3) is 0.636. The van der Waals surface area contributed by atoms with E-state index in [1.165, 1.54) is 6.33 Å². The Morgan fingerprint density at radius 3 is 2.75 bits per heavy atom. The average Bonchev–Trinajstić information content (AvgIpc) is 2.31. The van der Waals surface area contributed by atoms with Crippen LogP contribution in [0.4, 0.5) is 10.2 Å². The average molecular weight is 226 g/mol. The molecule has 0 aromatic carbocycles. The third-order valence-corrected chi connectivity index (χ3v) is 2.55. The van der Waals surface area contributed by atoms with E-state index in [0.29, 0.717) is 18.7 Å². The van der Waals surface area contributed by atoms with Crippen LogP contribution in [0.25, 0.3) is 0 Å². The maximum Gasteiger partial charge on any atom is 0.186 e. The molecule has 0 saturated carbocycles.